The van der Waals surface area contributed by atoms with E-state index in [1.54, 1.807) is 0 Å². The van der Waals surface area contributed by atoms with Gasteiger partial charge >= 0.3 is 0 Å². The van der Waals surface area contributed by atoms with Crippen molar-refractivity contribution < 1.29 is 14.3 Å². The first-order chi connectivity index (χ1) is 13.7. The predicted molar refractivity (Wildman–Crippen MR) is 111 cm³/mol. The minimum atomic E-state index is 0.0453. The Morgan fingerprint density at radius 1 is 1.11 bits per heavy atom. The average molecular weight is 403 g/mol. The number of halogens is 1. The van der Waals surface area contributed by atoms with Crippen molar-refractivity contribution in [1.82, 2.24) is 10.2 Å². The van der Waals surface area contributed by atoms with E-state index in [9.17, 15) is 4.79 Å². The van der Waals surface area contributed by atoms with Crippen LogP contribution in [0.25, 0.3) is 0 Å². The third-order valence-corrected chi connectivity index (χ3v) is 5.05. The molecule has 0 spiro atoms. The van der Waals surface area contributed by atoms with Crippen molar-refractivity contribution in [3.63, 3.8) is 0 Å². The first-order valence-electron chi connectivity index (χ1n) is 9.74. The second-order valence-corrected chi connectivity index (χ2v) is 7.22. The van der Waals surface area contributed by atoms with E-state index in [2.05, 4.69) is 10.2 Å². The smallest absolute Gasteiger partial charge is 0.220 e. The molecule has 3 rings (SSSR count). The molecular weight excluding hydrogens is 376 g/mol. The van der Waals surface area contributed by atoms with Gasteiger partial charge in [0, 0.05) is 31.1 Å². The molecule has 1 N–H and O–H groups in total. The summed E-state index contributed by atoms with van der Waals surface area (Å²) in [7, 11) is 0. The van der Waals surface area contributed by atoms with E-state index in [0.717, 1.165) is 37.6 Å². The zero-order chi connectivity index (χ0) is 19.6. The summed E-state index contributed by atoms with van der Waals surface area (Å²) in [6, 6.07) is 17.6. The fourth-order valence-corrected chi connectivity index (χ4v) is 3.40. The van der Waals surface area contributed by atoms with Crippen molar-refractivity contribution in [2.75, 3.05) is 39.5 Å². The number of rotatable bonds is 9. The number of hydrogen-bond acceptors (Lipinski definition) is 4. The van der Waals surface area contributed by atoms with Crippen LogP contribution in [0.1, 0.15) is 24.4 Å². The third-order valence-electron chi connectivity index (χ3n) is 4.79. The average Bonchev–Trinajstić information content (AvgIpc) is 2.74. The van der Waals surface area contributed by atoms with Crippen LogP contribution in [0, 0.1) is 0 Å². The summed E-state index contributed by atoms with van der Waals surface area (Å²) in [4.78, 5) is 14.6. The zero-order valence-electron chi connectivity index (χ0n) is 16.0. The first-order valence-corrected chi connectivity index (χ1v) is 10.1. The minimum Gasteiger partial charge on any atom is -0.494 e. The fraction of sp³-hybridized carbons (Fsp3) is 0.409. The summed E-state index contributed by atoms with van der Waals surface area (Å²) in [5.41, 5.74) is 1.15. The van der Waals surface area contributed by atoms with E-state index in [4.69, 9.17) is 21.1 Å². The number of carbonyl (C=O) groups excluding carboxylic acids is 1. The van der Waals surface area contributed by atoms with Crippen LogP contribution in [0.3, 0.4) is 0 Å². The SMILES string of the molecule is O=C(CCCOc1ccccc1)NCC(c1ccc(Cl)cc1)N1CCOCC1. The number of carbonyl (C=O) groups is 1. The summed E-state index contributed by atoms with van der Waals surface area (Å²) in [5, 5.41) is 3.80. The first kappa shape index (κ1) is 20.6. The molecule has 1 saturated heterocycles. The number of morpholine rings is 1. The van der Waals surface area contributed by atoms with Crippen molar-refractivity contribution in [3.05, 3.63) is 65.2 Å². The number of nitrogens with zero attached hydrogens (tertiary/aromatic N) is 1. The van der Waals surface area contributed by atoms with Crippen molar-refractivity contribution in [1.29, 1.82) is 0 Å². The summed E-state index contributed by atoms with van der Waals surface area (Å²) in [5.74, 6) is 0.877. The van der Waals surface area contributed by atoms with Gasteiger partial charge in [0.05, 0.1) is 25.9 Å². The van der Waals surface area contributed by atoms with Crippen LogP contribution in [0.15, 0.2) is 54.6 Å². The summed E-state index contributed by atoms with van der Waals surface area (Å²) in [6.07, 6.45) is 1.13. The molecule has 5 nitrogen and oxygen atoms in total. The molecule has 1 aliphatic rings. The Hall–Kier alpha value is -2.08. The second-order valence-electron chi connectivity index (χ2n) is 6.78. The van der Waals surface area contributed by atoms with E-state index in [1.807, 2.05) is 54.6 Å². The lowest BCUT2D eigenvalue weighted by Crippen LogP contribution is -2.43. The van der Waals surface area contributed by atoms with E-state index in [1.165, 1.54) is 0 Å². The zero-order valence-corrected chi connectivity index (χ0v) is 16.7. The van der Waals surface area contributed by atoms with Crippen LogP contribution in [0.5, 0.6) is 5.75 Å². The Morgan fingerprint density at radius 3 is 2.54 bits per heavy atom. The van der Waals surface area contributed by atoms with Crippen molar-refractivity contribution in [3.8, 4) is 5.75 Å². The molecule has 1 fully saturated rings. The lowest BCUT2D eigenvalue weighted by atomic mass is 10.0. The van der Waals surface area contributed by atoms with Crippen LogP contribution in [0.2, 0.25) is 5.02 Å². The van der Waals surface area contributed by atoms with Gasteiger partial charge in [-0.15, -0.1) is 0 Å². The largest absolute Gasteiger partial charge is 0.494 e. The number of hydrogen-bond donors (Lipinski definition) is 1. The maximum atomic E-state index is 12.3. The van der Waals surface area contributed by atoms with Crippen molar-refractivity contribution in [2.24, 2.45) is 0 Å². The standard InChI is InChI=1S/C22H27ClN2O3/c23-19-10-8-18(9-11-19)21(25-12-15-27-16-13-25)17-24-22(26)7-4-14-28-20-5-2-1-3-6-20/h1-3,5-6,8-11,21H,4,7,12-17H2,(H,24,26). The van der Waals surface area contributed by atoms with Gasteiger partial charge in [0.1, 0.15) is 5.75 Å². The summed E-state index contributed by atoms with van der Waals surface area (Å²) >= 11 is 6.03. The Kier molecular flexibility index (Phi) is 8.15. The van der Waals surface area contributed by atoms with Crippen LogP contribution >= 0.6 is 11.6 Å². The van der Waals surface area contributed by atoms with Crippen LogP contribution < -0.4 is 10.1 Å². The van der Waals surface area contributed by atoms with Crippen LogP contribution in [0.4, 0.5) is 0 Å². The van der Waals surface area contributed by atoms with Gasteiger partial charge in [-0.25, -0.2) is 0 Å². The van der Waals surface area contributed by atoms with Gasteiger partial charge in [-0.3, -0.25) is 9.69 Å². The molecule has 28 heavy (non-hydrogen) atoms. The van der Waals surface area contributed by atoms with Gasteiger partial charge in [0.15, 0.2) is 0 Å². The van der Waals surface area contributed by atoms with E-state index in [0.29, 0.717) is 31.0 Å². The number of nitrogens with one attached hydrogen (secondary N) is 1. The van der Waals surface area contributed by atoms with Gasteiger partial charge in [0.2, 0.25) is 5.91 Å². The topological polar surface area (TPSA) is 50.8 Å². The van der Waals surface area contributed by atoms with Gasteiger partial charge in [-0.1, -0.05) is 41.9 Å². The Labute approximate surface area is 171 Å². The van der Waals surface area contributed by atoms with Gasteiger partial charge in [-0.2, -0.15) is 0 Å². The lowest BCUT2D eigenvalue weighted by molar-refractivity contribution is -0.121. The monoisotopic (exact) mass is 402 g/mol. The summed E-state index contributed by atoms with van der Waals surface area (Å²) < 4.78 is 11.1. The molecule has 0 aliphatic carbocycles. The molecule has 0 saturated carbocycles. The molecule has 150 valence electrons. The van der Waals surface area contributed by atoms with Gasteiger partial charge in [0.25, 0.3) is 0 Å². The molecule has 1 unspecified atom stereocenters. The minimum absolute atomic E-state index is 0.0453. The maximum absolute atomic E-state index is 12.3. The van der Waals surface area contributed by atoms with E-state index >= 15 is 0 Å². The van der Waals surface area contributed by atoms with Crippen LogP contribution in [-0.4, -0.2) is 50.3 Å². The number of para-hydroxylation sites is 1. The molecule has 2 aromatic rings. The highest BCUT2D eigenvalue weighted by Gasteiger charge is 2.23. The lowest BCUT2D eigenvalue weighted by Gasteiger charge is -2.35. The van der Waals surface area contributed by atoms with E-state index < -0.39 is 0 Å². The molecule has 1 atom stereocenters. The number of amides is 1. The third kappa shape index (κ3) is 6.51. The normalized spacial score (nSPS) is 15.8. The highest BCUT2D eigenvalue weighted by Crippen LogP contribution is 2.23. The second kappa shape index (κ2) is 11.1. The summed E-state index contributed by atoms with van der Waals surface area (Å²) in [6.45, 7) is 4.24. The highest BCUT2D eigenvalue weighted by molar-refractivity contribution is 6.30. The van der Waals surface area contributed by atoms with Gasteiger partial charge in [-0.05, 0) is 36.2 Å². The Bertz CT molecular complexity index is 718. The molecular formula is C22H27ClN2O3. The number of benzene rings is 2. The molecule has 0 radical (unpaired) electrons. The van der Waals surface area contributed by atoms with Crippen molar-refractivity contribution >= 4 is 17.5 Å². The molecule has 0 bridgehead atoms. The molecule has 1 aliphatic heterocycles. The molecule has 1 amide bonds. The molecule has 0 aromatic heterocycles. The Balaban J connectivity index is 1.46. The Morgan fingerprint density at radius 2 is 1.82 bits per heavy atom. The predicted octanol–water partition coefficient (Wildman–Crippen LogP) is 3.69. The fourth-order valence-electron chi connectivity index (χ4n) is 3.27. The number of ether oxygens (including phenoxy) is 2. The molecule has 1 heterocycles. The van der Waals surface area contributed by atoms with Crippen LogP contribution in [-0.2, 0) is 9.53 Å². The highest BCUT2D eigenvalue weighted by atomic mass is 35.5. The van der Waals surface area contributed by atoms with Crippen molar-refractivity contribution in [2.45, 2.75) is 18.9 Å². The molecule has 6 heteroatoms. The maximum Gasteiger partial charge on any atom is 0.220 e. The molecule has 2 aromatic carbocycles. The van der Waals surface area contributed by atoms with E-state index in [-0.39, 0.29) is 11.9 Å². The van der Waals surface area contributed by atoms with Gasteiger partial charge < -0.3 is 14.8 Å². The quantitative estimate of drug-likeness (QED) is 0.650.